The Kier molecular flexibility index (Phi) is 5.12. The minimum absolute atomic E-state index is 0.0924. The zero-order valence-electron chi connectivity index (χ0n) is 12.1. The van der Waals surface area contributed by atoms with E-state index in [1.54, 1.807) is 24.3 Å². The number of hydrogen-bond donors (Lipinski definition) is 2. The first kappa shape index (κ1) is 15.7. The summed E-state index contributed by atoms with van der Waals surface area (Å²) in [6, 6.07) is 6.67. The fourth-order valence-corrected chi connectivity index (χ4v) is 3.45. The molecular weight excluding hydrogens is 288 g/mol. The van der Waals surface area contributed by atoms with Crippen molar-refractivity contribution in [2.24, 2.45) is 5.73 Å². The van der Waals surface area contributed by atoms with Crippen molar-refractivity contribution in [3.05, 3.63) is 29.8 Å². The van der Waals surface area contributed by atoms with E-state index in [0.29, 0.717) is 17.9 Å². The highest BCUT2D eigenvalue weighted by Crippen LogP contribution is 2.36. The third-order valence-electron chi connectivity index (χ3n) is 3.42. The Morgan fingerprint density at radius 3 is 2.67 bits per heavy atom. The first-order valence-electron chi connectivity index (χ1n) is 6.92. The molecule has 114 valence electrons. The normalized spacial score (nSPS) is 21.0. The average molecular weight is 308 g/mol. The zero-order valence-corrected chi connectivity index (χ0v) is 12.9. The molecule has 21 heavy (non-hydrogen) atoms. The molecule has 0 bridgehead atoms. The van der Waals surface area contributed by atoms with Crippen LogP contribution in [0.4, 0.5) is 0 Å². The van der Waals surface area contributed by atoms with Gasteiger partial charge in [-0.1, -0.05) is 0 Å². The van der Waals surface area contributed by atoms with E-state index in [9.17, 15) is 9.59 Å². The number of primary amides is 1. The molecule has 2 rings (SSSR count). The van der Waals surface area contributed by atoms with Crippen LogP contribution in [0.15, 0.2) is 24.3 Å². The largest absolute Gasteiger partial charge is 0.484 e. The van der Waals surface area contributed by atoms with Gasteiger partial charge in [-0.3, -0.25) is 9.59 Å². The van der Waals surface area contributed by atoms with Crippen molar-refractivity contribution in [2.45, 2.75) is 24.5 Å². The standard InChI is InChI=1S/C15H20N2O3S/c1-15(7-2-8-21-15)10-17-14(19)11-3-5-12(6-4-11)20-9-13(16)18/h3-6H,2,7-10H2,1H3,(H2,16,18)(H,17,19). The van der Waals surface area contributed by atoms with E-state index in [4.69, 9.17) is 10.5 Å². The maximum absolute atomic E-state index is 12.1. The quantitative estimate of drug-likeness (QED) is 0.836. The number of carbonyl (C=O) groups is 2. The maximum Gasteiger partial charge on any atom is 0.255 e. The van der Waals surface area contributed by atoms with Crippen LogP contribution in [0.2, 0.25) is 0 Å². The molecule has 1 aromatic rings. The second-order valence-corrected chi connectivity index (χ2v) is 7.05. The summed E-state index contributed by atoms with van der Waals surface area (Å²) >= 11 is 1.92. The van der Waals surface area contributed by atoms with E-state index in [0.717, 1.165) is 12.2 Å². The smallest absolute Gasteiger partial charge is 0.255 e. The van der Waals surface area contributed by atoms with Crippen LogP contribution >= 0.6 is 11.8 Å². The molecule has 0 radical (unpaired) electrons. The molecule has 1 aliphatic heterocycles. The van der Waals surface area contributed by atoms with Crippen LogP contribution in [-0.2, 0) is 4.79 Å². The summed E-state index contributed by atoms with van der Waals surface area (Å²) < 4.78 is 5.30. The van der Waals surface area contributed by atoms with Gasteiger partial charge in [0.1, 0.15) is 5.75 Å². The zero-order chi connectivity index (χ0) is 15.3. The van der Waals surface area contributed by atoms with Crippen LogP contribution < -0.4 is 15.8 Å². The molecule has 3 N–H and O–H groups in total. The van der Waals surface area contributed by atoms with Gasteiger partial charge in [0.15, 0.2) is 6.61 Å². The third kappa shape index (κ3) is 4.67. The molecule has 2 amide bonds. The van der Waals surface area contributed by atoms with Crippen molar-refractivity contribution in [3.63, 3.8) is 0 Å². The maximum atomic E-state index is 12.1. The lowest BCUT2D eigenvalue weighted by Crippen LogP contribution is -2.36. The van der Waals surface area contributed by atoms with E-state index < -0.39 is 5.91 Å². The predicted molar refractivity (Wildman–Crippen MR) is 83.6 cm³/mol. The highest BCUT2D eigenvalue weighted by molar-refractivity contribution is 8.00. The van der Waals surface area contributed by atoms with Gasteiger partial charge in [-0.15, -0.1) is 0 Å². The number of nitrogens with two attached hydrogens (primary N) is 1. The molecular formula is C15H20N2O3S. The van der Waals surface area contributed by atoms with E-state index >= 15 is 0 Å². The molecule has 1 aliphatic rings. The van der Waals surface area contributed by atoms with E-state index in [2.05, 4.69) is 12.2 Å². The molecule has 5 nitrogen and oxygen atoms in total. The lowest BCUT2D eigenvalue weighted by atomic mass is 10.1. The van der Waals surface area contributed by atoms with Crippen LogP contribution in [0.25, 0.3) is 0 Å². The number of amides is 2. The Morgan fingerprint density at radius 1 is 1.38 bits per heavy atom. The Morgan fingerprint density at radius 2 is 2.10 bits per heavy atom. The van der Waals surface area contributed by atoms with Crippen molar-refractivity contribution in [1.82, 2.24) is 5.32 Å². The Labute approximate surface area is 128 Å². The van der Waals surface area contributed by atoms with E-state index in [1.807, 2.05) is 11.8 Å². The van der Waals surface area contributed by atoms with Gasteiger partial charge in [0.2, 0.25) is 0 Å². The lowest BCUT2D eigenvalue weighted by molar-refractivity contribution is -0.119. The second-order valence-electron chi connectivity index (χ2n) is 5.36. The van der Waals surface area contributed by atoms with Gasteiger partial charge in [-0.05, 0) is 49.8 Å². The number of benzene rings is 1. The topological polar surface area (TPSA) is 81.4 Å². The second kappa shape index (κ2) is 6.85. The summed E-state index contributed by atoms with van der Waals surface area (Å²) in [4.78, 5) is 22.7. The minimum atomic E-state index is -0.529. The number of ether oxygens (including phenoxy) is 1. The summed E-state index contributed by atoms with van der Waals surface area (Å²) in [5, 5.41) is 2.98. The summed E-state index contributed by atoms with van der Waals surface area (Å²) in [6.45, 7) is 2.70. The summed E-state index contributed by atoms with van der Waals surface area (Å²) in [6.07, 6.45) is 2.35. The Hall–Kier alpha value is -1.69. The fourth-order valence-electron chi connectivity index (χ4n) is 2.20. The molecule has 0 aromatic heterocycles. The van der Waals surface area contributed by atoms with Crippen molar-refractivity contribution in [3.8, 4) is 5.75 Å². The van der Waals surface area contributed by atoms with Crippen LogP contribution in [0, 0.1) is 0 Å². The van der Waals surface area contributed by atoms with Gasteiger partial charge in [0.25, 0.3) is 11.8 Å². The van der Waals surface area contributed by atoms with Crippen LogP contribution in [0.1, 0.15) is 30.1 Å². The van der Waals surface area contributed by atoms with E-state index in [1.165, 1.54) is 6.42 Å². The number of rotatable bonds is 6. The van der Waals surface area contributed by atoms with Gasteiger partial charge >= 0.3 is 0 Å². The average Bonchev–Trinajstić information content (AvgIpc) is 2.90. The predicted octanol–water partition coefficient (Wildman–Crippen LogP) is 1.57. The summed E-state index contributed by atoms with van der Waals surface area (Å²) in [7, 11) is 0. The van der Waals surface area contributed by atoms with E-state index in [-0.39, 0.29) is 17.3 Å². The van der Waals surface area contributed by atoms with Crippen molar-refractivity contribution in [2.75, 3.05) is 18.9 Å². The number of thioether (sulfide) groups is 1. The van der Waals surface area contributed by atoms with Crippen molar-refractivity contribution < 1.29 is 14.3 Å². The van der Waals surface area contributed by atoms with Crippen LogP contribution in [0.5, 0.6) is 5.75 Å². The summed E-state index contributed by atoms with van der Waals surface area (Å²) in [5.74, 6) is 1.06. The lowest BCUT2D eigenvalue weighted by Gasteiger charge is -2.22. The minimum Gasteiger partial charge on any atom is -0.484 e. The van der Waals surface area contributed by atoms with Crippen LogP contribution in [0.3, 0.4) is 0 Å². The molecule has 1 heterocycles. The number of hydrogen-bond acceptors (Lipinski definition) is 4. The first-order chi connectivity index (χ1) is 9.98. The van der Waals surface area contributed by atoms with Gasteiger partial charge in [0.05, 0.1) is 0 Å². The molecule has 1 saturated heterocycles. The monoisotopic (exact) mass is 308 g/mol. The van der Waals surface area contributed by atoms with Gasteiger partial charge in [-0.25, -0.2) is 0 Å². The Bertz CT molecular complexity index is 510. The van der Waals surface area contributed by atoms with Crippen molar-refractivity contribution >= 4 is 23.6 Å². The molecule has 1 fully saturated rings. The SMILES string of the molecule is CC1(CNC(=O)c2ccc(OCC(N)=O)cc2)CCCS1. The van der Waals surface area contributed by atoms with Crippen molar-refractivity contribution in [1.29, 1.82) is 0 Å². The highest BCUT2D eigenvalue weighted by Gasteiger charge is 2.29. The van der Waals surface area contributed by atoms with Crippen LogP contribution in [-0.4, -0.2) is 35.5 Å². The molecule has 0 aliphatic carbocycles. The highest BCUT2D eigenvalue weighted by atomic mass is 32.2. The number of carbonyl (C=O) groups excluding carboxylic acids is 2. The van der Waals surface area contributed by atoms with Gasteiger partial charge < -0.3 is 15.8 Å². The molecule has 1 unspecified atom stereocenters. The molecule has 0 spiro atoms. The Balaban J connectivity index is 1.86. The molecule has 1 atom stereocenters. The molecule has 0 saturated carbocycles. The third-order valence-corrected chi connectivity index (χ3v) is 4.96. The first-order valence-corrected chi connectivity index (χ1v) is 7.90. The van der Waals surface area contributed by atoms with Gasteiger partial charge in [-0.2, -0.15) is 11.8 Å². The number of nitrogens with one attached hydrogen (secondary N) is 1. The van der Waals surface area contributed by atoms with Gasteiger partial charge in [0, 0.05) is 16.9 Å². The summed E-state index contributed by atoms with van der Waals surface area (Å²) in [5.41, 5.74) is 5.58. The fraction of sp³-hybridized carbons (Fsp3) is 0.467. The molecule has 6 heteroatoms. The molecule has 1 aromatic carbocycles.